The first-order valence-electron chi connectivity index (χ1n) is 6.39. The van der Waals surface area contributed by atoms with Crippen molar-refractivity contribution in [2.24, 2.45) is 4.99 Å². The molecule has 0 unspecified atom stereocenters. The van der Waals surface area contributed by atoms with E-state index < -0.39 is 0 Å². The lowest BCUT2D eigenvalue weighted by atomic mass is 9.87. The highest BCUT2D eigenvalue weighted by Gasteiger charge is 2.13. The van der Waals surface area contributed by atoms with Crippen LogP contribution in [0.4, 0.5) is 5.69 Å². The fourth-order valence-electron chi connectivity index (χ4n) is 1.79. The molecular formula is C17H19NO. The van der Waals surface area contributed by atoms with Crippen LogP contribution in [0.3, 0.4) is 0 Å². The third-order valence-corrected chi connectivity index (χ3v) is 3.00. The Balaban J connectivity index is 2.27. The highest BCUT2D eigenvalue weighted by molar-refractivity contribution is 5.85. The molecule has 19 heavy (non-hydrogen) atoms. The maximum atomic E-state index is 9.68. The predicted octanol–water partition coefficient (Wildman–Crippen LogP) is 4.44. The molecule has 0 fully saturated rings. The molecule has 0 aliphatic rings. The number of rotatable bonds is 2. The fourth-order valence-corrected chi connectivity index (χ4v) is 1.79. The quantitative estimate of drug-likeness (QED) is 0.788. The van der Waals surface area contributed by atoms with Crippen molar-refractivity contribution in [1.82, 2.24) is 0 Å². The summed E-state index contributed by atoms with van der Waals surface area (Å²) < 4.78 is 0. The van der Waals surface area contributed by atoms with E-state index in [2.05, 4.69) is 37.9 Å². The monoisotopic (exact) mass is 253 g/mol. The van der Waals surface area contributed by atoms with Crippen molar-refractivity contribution >= 4 is 11.9 Å². The van der Waals surface area contributed by atoms with Crippen LogP contribution in [0.2, 0.25) is 0 Å². The first kappa shape index (κ1) is 13.3. The van der Waals surface area contributed by atoms with Crippen molar-refractivity contribution in [2.75, 3.05) is 0 Å². The van der Waals surface area contributed by atoms with E-state index in [0.717, 1.165) is 11.3 Å². The van der Waals surface area contributed by atoms with E-state index in [4.69, 9.17) is 0 Å². The molecule has 2 aromatic rings. The van der Waals surface area contributed by atoms with Gasteiger partial charge in [0.1, 0.15) is 5.75 Å². The van der Waals surface area contributed by atoms with Gasteiger partial charge in [-0.1, -0.05) is 45.0 Å². The van der Waals surface area contributed by atoms with E-state index in [0.29, 0.717) is 0 Å². The maximum Gasteiger partial charge on any atom is 0.124 e. The Morgan fingerprint density at radius 2 is 1.74 bits per heavy atom. The number of aromatic hydroxyl groups is 1. The third-order valence-electron chi connectivity index (χ3n) is 3.00. The highest BCUT2D eigenvalue weighted by Crippen LogP contribution is 2.26. The molecule has 0 aliphatic carbocycles. The molecule has 0 saturated heterocycles. The molecule has 2 heteroatoms. The number of nitrogens with zero attached hydrogens (tertiary/aromatic N) is 1. The smallest absolute Gasteiger partial charge is 0.124 e. The van der Waals surface area contributed by atoms with Gasteiger partial charge in [0.15, 0.2) is 0 Å². The zero-order valence-electron chi connectivity index (χ0n) is 11.6. The van der Waals surface area contributed by atoms with Crippen LogP contribution < -0.4 is 0 Å². The Labute approximate surface area is 114 Å². The van der Waals surface area contributed by atoms with Crippen LogP contribution in [0.15, 0.2) is 53.5 Å². The zero-order chi connectivity index (χ0) is 13.9. The van der Waals surface area contributed by atoms with E-state index in [1.54, 1.807) is 18.3 Å². The number of aliphatic imine (C=N–C) groups is 1. The lowest BCUT2D eigenvalue weighted by Gasteiger charge is -2.18. The molecule has 2 rings (SSSR count). The lowest BCUT2D eigenvalue weighted by Crippen LogP contribution is -2.10. The van der Waals surface area contributed by atoms with Crippen LogP contribution in [0, 0.1) is 0 Å². The second-order valence-electron chi connectivity index (χ2n) is 5.62. The number of phenols is 1. The van der Waals surface area contributed by atoms with Gasteiger partial charge in [0.2, 0.25) is 0 Å². The minimum absolute atomic E-state index is 0.112. The second-order valence-corrected chi connectivity index (χ2v) is 5.62. The summed E-state index contributed by atoms with van der Waals surface area (Å²) >= 11 is 0. The lowest BCUT2D eigenvalue weighted by molar-refractivity contribution is 0.474. The summed E-state index contributed by atoms with van der Waals surface area (Å²) in [6, 6.07) is 15.3. The Morgan fingerprint density at radius 1 is 1.00 bits per heavy atom. The van der Waals surface area contributed by atoms with Crippen LogP contribution in [-0.2, 0) is 5.41 Å². The van der Waals surface area contributed by atoms with Gasteiger partial charge >= 0.3 is 0 Å². The SMILES string of the molecule is CC(C)(C)c1cccc(N=Cc2ccccc2O)c1. The molecule has 0 atom stereocenters. The van der Waals surface area contributed by atoms with Crippen LogP contribution in [0.5, 0.6) is 5.75 Å². The van der Waals surface area contributed by atoms with Crippen LogP contribution in [0.1, 0.15) is 31.9 Å². The molecule has 1 N–H and O–H groups in total. The van der Waals surface area contributed by atoms with E-state index >= 15 is 0 Å². The fraction of sp³-hybridized carbons (Fsp3) is 0.235. The Morgan fingerprint density at radius 3 is 2.42 bits per heavy atom. The topological polar surface area (TPSA) is 32.6 Å². The third kappa shape index (κ3) is 3.44. The van der Waals surface area contributed by atoms with Crippen LogP contribution in [0.25, 0.3) is 0 Å². The van der Waals surface area contributed by atoms with Gasteiger partial charge < -0.3 is 5.11 Å². The summed E-state index contributed by atoms with van der Waals surface area (Å²) in [5.41, 5.74) is 2.99. The van der Waals surface area contributed by atoms with E-state index in [1.165, 1.54) is 5.56 Å². The van der Waals surface area contributed by atoms with Gasteiger partial charge in [-0.3, -0.25) is 4.99 Å². The molecule has 98 valence electrons. The van der Waals surface area contributed by atoms with Gasteiger partial charge in [-0.15, -0.1) is 0 Å². The number of para-hydroxylation sites is 1. The van der Waals surface area contributed by atoms with Crippen molar-refractivity contribution in [3.05, 3.63) is 59.7 Å². The van der Waals surface area contributed by atoms with Crippen molar-refractivity contribution < 1.29 is 5.11 Å². The first-order valence-corrected chi connectivity index (χ1v) is 6.39. The largest absolute Gasteiger partial charge is 0.507 e. The summed E-state index contributed by atoms with van der Waals surface area (Å²) in [6.45, 7) is 6.54. The maximum absolute atomic E-state index is 9.68. The number of hydrogen-bond acceptors (Lipinski definition) is 2. The minimum atomic E-state index is 0.112. The van der Waals surface area contributed by atoms with Gasteiger partial charge in [-0.05, 0) is 35.2 Å². The number of phenolic OH excluding ortho intramolecular Hbond substituents is 1. The van der Waals surface area contributed by atoms with Gasteiger partial charge in [0, 0.05) is 11.8 Å². The molecule has 2 nitrogen and oxygen atoms in total. The van der Waals surface area contributed by atoms with Gasteiger partial charge in [-0.2, -0.15) is 0 Å². The Hall–Kier alpha value is -2.09. The number of benzene rings is 2. The molecule has 0 saturated carbocycles. The molecule has 0 aromatic heterocycles. The molecule has 0 radical (unpaired) electrons. The predicted molar refractivity (Wildman–Crippen MR) is 80.5 cm³/mol. The van der Waals surface area contributed by atoms with Gasteiger partial charge in [0.25, 0.3) is 0 Å². The number of hydrogen-bond donors (Lipinski definition) is 1. The summed E-state index contributed by atoms with van der Waals surface area (Å²) in [6.07, 6.45) is 1.69. The molecule has 0 aliphatic heterocycles. The molecule has 2 aromatic carbocycles. The molecule has 0 amide bonds. The summed E-state index contributed by atoms with van der Waals surface area (Å²) in [5.74, 6) is 0.248. The van der Waals surface area contributed by atoms with E-state index in [1.807, 2.05) is 24.3 Å². The normalized spacial score (nSPS) is 11.9. The van der Waals surface area contributed by atoms with Crippen molar-refractivity contribution in [3.8, 4) is 5.75 Å². The van der Waals surface area contributed by atoms with Gasteiger partial charge in [-0.25, -0.2) is 0 Å². The standard InChI is InChI=1S/C17H19NO/c1-17(2,3)14-8-6-9-15(11-14)18-12-13-7-4-5-10-16(13)19/h4-12,19H,1-3H3. The summed E-state index contributed by atoms with van der Waals surface area (Å²) in [5, 5.41) is 9.68. The minimum Gasteiger partial charge on any atom is -0.507 e. The van der Waals surface area contributed by atoms with E-state index in [9.17, 15) is 5.11 Å². The first-order chi connectivity index (χ1) is 8.97. The summed E-state index contributed by atoms with van der Waals surface area (Å²) in [7, 11) is 0. The van der Waals surface area contributed by atoms with Crippen molar-refractivity contribution in [3.63, 3.8) is 0 Å². The van der Waals surface area contributed by atoms with Gasteiger partial charge in [0.05, 0.1) is 5.69 Å². The van der Waals surface area contributed by atoms with Crippen molar-refractivity contribution in [1.29, 1.82) is 0 Å². The molecule has 0 bridgehead atoms. The highest BCUT2D eigenvalue weighted by atomic mass is 16.3. The average Bonchev–Trinajstić information content (AvgIpc) is 2.37. The average molecular weight is 253 g/mol. The van der Waals surface area contributed by atoms with E-state index in [-0.39, 0.29) is 11.2 Å². The van der Waals surface area contributed by atoms with Crippen molar-refractivity contribution in [2.45, 2.75) is 26.2 Å². The van der Waals surface area contributed by atoms with Crippen LogP contribution in [-0.4, -0.2) is 11.3 Å². The Kier molecular flexibility index (Phi) is 3.70. The zero-order valence-corrected chi connectivity index (χ0v) is 11.6. The molecule has 0 heterocycles. The second kappa shape index (κ2) is 5.27. The molecular weight excluding hydrogens is 234 g/mol. The van der Waals surface area contributed by atoms with Crippen LogP contribution >= 0.6 is 0 Å². The molecule has 0 spiro atoms. The summed E-state index contributed by atoms with van der Waals surface area (Å²) in [4.78, 5) is 4.43. The Bertz CT molecular complexity index is 594.